The molecule has 0 aliphatic heterocycles. The van der Waals surface area contributed by atoms with Crippen LogP contribution >= 0.6 is 0 Å². The Labute approximate surface area is 84.6 Å². The molecule has 0 saturated carbocycles. The van der Waals surface area contributed by atoms with Crippen LogP contribution in [0.15, 0.2) is 18.2 Å². The molecule has 0 aromatic heterocycles. The molecule has 1 rings (SSSR count). The molecule has 0 spiro atoms. The molecule has 2 heteroatoms. The van der Waals surface area contributed by atoms with E-state index in [1.54, 1.807) is 12.1 Å². The van der Waals surface area contributed by atoms with Crippen LogP contribution in [0.2, 0.25) is 0 Å². The lowest BCUT2D eigenvalue weighted by Crippen LogP contribution is -2.01. The van der Waals surface area contributed by atoms with Crippen molar-refractivity contribution in [1.29, 1.82) is 0 Å². The summed E-state index contributed by atoms with van der Waals surface area (Å²) in [4.78, 5) is 11.7. The van der Waals surface area contributed by atoms with Crippen molar-refractivity contribution in [3.63, 3.8) is 0 Å². The summed E-state index contributed by atoms with van der Waals surface area (Å²) in [5.41, 5.74) is 1.34. The zero-order valence-electron chi connectivity index (χ0n) is 8.71. The lowest BCUT2D eigenvalue weighted by atomic mass is 10.00. The number of phenols is 1. The molecule has 14 heavy (non-hydrogen) atoms. The Morgan fingerprint density at radius 1 is 1.43 bits per heavy atom. The van der Waals surface area contributed by atoms with Crippen molar-refractivity contribution in [3.05, 3.63) is 29.3 Å². The lowest BCUT2D eigenvalue weighted by molar-refractivity contribution is 0.0976. The van der Waals surface area contributed by atoms with E-state index in [1.807, 2.05) is 19.9 Å². The largest absolute Gasteiger partial charge is 0.507 e. The Bertz CT molecular complexity index is 309. The molecule has 76 valence electrons. The van der Waals surface area contributed by atoms with Crippen LogP contribution in [0.25, 0.3) is 0 Å². The Balaban J connectivity index is 2.89. The van der Waals surface area contributed by atoms with Crippen LogP contribution in [0.3, 0.4) is 0 Å². The quantitative estimate of drug-likeness (QED) is 0.744. The predicted molar refractivity (Wildman–Crippen MR) is 56.7 cm³/mol. The van der Waals surface area contributed by atoms with Crippen LogP contribution < -0.4 is 0 Å². The number of ketones is 1. The number of hydrogen-bond acceptors (Lipinski definition) is 2. The summed E-state index contributed by atoms with van der Waals surface area (Å²) in [5, 5.41) is 9.54. The summed E-state index contributed by atoms with van der Waals surface area (Å²) in [5.74, 6) is 0.147. The number of rotatable bonds is 4. The number of hydrogen-bond donors (Lipinski definition) is 1. The fraction of sp³-hybridized carbons (Fsp3) is 0.417. The molecule has 0 aliphatic rings. The van der Waals surface area contributed by atoms with E-state index in [9.17, 15) is 9.90 Å². The molecule has 0 fully saturated rings. The van der Waals surface area contributed by atoms with Gasteiger partial charge in [0.05, 0.1) is 5.56 Å². The zero-order chi connectivity index (χ0) is 10.6. The van der Waals surface area contributed by atoms with E-state index in [1.165, 1.54) is 0 Å². The molecule has 0 aliphatic carbocycles. The van der Waals surface area contributed by atoms with Crippen LogP contribution in [0.1, 0.15) is 42.1 Å². The van der Waals surface area contributed by atoms with E-state index in [0.29, 0.717) is 12.0 Å². The average Bonchev–Trinajstić information content (AvgIpc) is 2.14. The van der Waals surface area contributed by atoms with E-state index in [0.717, 1.165) is 18.4 Å². The first-order valence-corrected chi connectivity index (χ1v) is 4.98. The summed E-state index contributed by atoms with van der Waals surface area (Å²) < 4.78 is 0. The smallest absolute Gasteiger partial charge is 0.166 e. The van der Waals surface area contributed by atoms with Gasteiger partial charge in [0, 0.05) is 6.42 Å². The lowest BCUT2D eigenvalue weighted by Gasteiger charge is -2.06. The van der Waals surface area contributed by atoms with Crippen molar-refractivity contribution in [2.75, 3.05) is 0 Å². The summed E-state index contributed by atoms with van der Waals surface area (Å²) in [7, 11) is 0. The summed E-state index contributed by atoms with van der Waals surface area (Å²) >= 11 is 0. The number of benzene rings is 1. The molecule has 0 bridgehead atoms. The first-order valence-electron chi connectivity index (χ1n) is 4.98. The molecule has 1 aromatic carbocycles. The second kappa shape index (κ2) is 4.80. The van der Waals surface area contributed by atoms with Crippen molar-refractivity contribution in [3.8, 4) is 5.75 Å². The molecular formula is C12H16O2. The van der Waals surface area contributed by atoms with Gasteiger partial charge in [0.25, 0.3) is 0 Å². The summed E-state index contributed by atoms with van der Waals surface area (Å²) in [6, 6.07) is 5.16. The third kappa shape index (κ3) is 2.34. The minimum atomic E-state index is 0.0439. The Morgan fingerprint density at radius 3 is 2.71 bits per heavy atom. The minimum absolute atomic E-state index is 0.0439. The molecule has 0 amide bonds. The minimum Gasteiger partial charge on any atom is -0.507 e. The molecule has 1 aromatic rings. The molecule has 0 saturated heterocycles. The summed E-state index contributed by atoms with van der Waals surface area (Å²) in [6.07, 6.45) is 2.40. The van der Waals surface area contributed by atoms with E-state index in [-0.39, 0.29) is 11.5 Å². The van der Waals surface area contributed by atoms with E-state index < -0.39 is 0 Å². The molecule has 0 unspecified atom stereocenters. The predicted octanol–water partition coefficient (Wildman–Crippen LogP) is 3.07. The van der Waals surface area contributed by atoms with Gasteiger partial charge in [0.1, 0.15) is 5.75 Å². The maximum Gasteiger partial charge on any atom is 0.166 e. The van der Waals surface area contributed by atoms with Crippen molar-refractivity contribution in [2.45, 2.75) is 33.1 Å². The topological polar surface area (TPSA) is 37.3 Å². The van der Waals surface area contributed by atoms with E-state index in [4.69, 9.17) is 0 Å². The van der Waals surface area contributed by atoms with Crippen LogP contribution in [-0.4, -0.2) is 10.9 Å². The average molecular weight is 192 g/mol. The first kappa shape index (κ1) is 10.8. The van der Waals surface area contributed by atoms with E-state index in [2.05, 4.69) is 0 Å². The second-order valence-corrected chi connectivity index (χ2v) is 3.50. The van der Waals surface area contributed by atoms with Gasteiger partial charge in [-0.1, -0.05) is 25.5 Å². The number of carbonyl (C=O) groups excluding carboxylic acids is 1. The van der Waals surface area contributed by atoms with Gasteiger partial charge in [0.2, 0.25) is 0 Å². The van der Waals surface area contributed by atoms with Gasteiger partial charge in [-0.2, -0.15) is 0 Å². The highest BCUT2D eigenvalue weighted by molar-refractivity contribution is 5.99. The first-order chi connectivity index (χ1) is 6.66. The third-order valence-electron chi connectivity index (χ3n) is 2.29. The highest BCUT2D eigenvalue weighted by Crippen LogP contribution is 2.22. The molecule has 0 radical (unpaired) electrons. The Morgan fingerprint density at radius 2 is 2.14 bits per heavy atom. The Hall–Kier alpha value is -1.31. The second-order valence-electron chi connectivity index (χ2n) is 3.50. The number of Topliss-reactive ketones (excluding diaryl/α,β-unsaturated/α-hetero) is 1. The van der Waals surface area contributed by atoms with Crippen molar-refractivity contribution >= 4 is 5.78 Å². The normalized spacial score (nSPS) is 10.1. The fourth-order valence-electron chi connectivity index (χ4n) is 1.48. The number of phenolic OH excluding ortho intramolecular Hbond substituents is 1. The standard InChI is InChI=1S/C12H16O2/c1-3-4-7-10(13)12-9(2)6-5-8-11(12)14/h5-6,8,14H,3-4,7H2,1-2H3. The molecule has 1 N–H and O–H groups in total. The highest BCUT2D eigenvalue weighted by atomic mass is 16.3. The molecular weight excluding hydrogens is 176 g/mol. The maximum atomic E-state index is 11.7. The Kier molecular flexibility index (Phi) is 3.69. The van der Waals surface area contributed by atoms with Gasteiger partial charge in [-0.25, -0.2) is 0 Å². The molecule has 2 nitrogen and oxygen atoms in total. The van der Waals surface area contributed by atoms with Crippen LogP contribution in [0.4, 0.5) is 0 Å². The van der Waals surface area contributed by atoms with Gasteiger partial charge < -0.3 is 5.11 Å². The van der Waals surface area contributed by atoms with Gasteiger partial charge in [-0.3, -0.25) is 4.79 Å². The SMILES string of the molecule is CCCCC(=O)c1c(C)cccc1O. The molecule has 0 atom stereocenters. The number of carbonyl (C=O) groups is 1. The van der Waals surface area contributed by atoms with Crippen LogP contribution in [0.5, 0.6) is 5.75 Å². The van der Waals surface area contributed by atoms with Crippen LogP contribution in [0, 0.1) is 6.92 Å². The van der Waals surface area contributed by atoms with Crippen molar-refractivity contribution in [1.82, 2.24) is 0 Å². The maximum absolute atomic E-state index is 11.7. The molecule has 0 heterocycles. The van der Waals surface area contributed by atoms with Gasteiger partial charge in [-0.15, -0.1) is 0 Å². The van der Waals surface area contributed by atoms with Crippen molar-refractivity contribution in [2.24, 2.45) is 0 Å². The van der Waals surface area contributed by atoms with Gasteiger partial charge >= 0.3 is 0 Å². The monoisotopic (exact) mass is 192 g/mol. The van der Waals surface area contributed by atoms with Gasteiger partial charge in [-0.05, 0) is 25.0 Å². The van der Waals surface area contributed by atoms with Crippen LogP contribution in [-0.2, 0) is 0 Å². The third-order valence-corrected chi connectivity index (χ3v) is 2.29. The van der Waals surface area contributed by atoms with Gasteiger partial charge in [0.15, 0.2) is 5.78 Å². The number of aryl methyl sites for hydroxylation is 1. The number of aromatic hydroxyl groups is 1. The van der Waals surface area contributed by atoms with E-state index >= 15 is 0 Å². The zero-order valence-corrected chi connectivity index (χ0v) is 8.71. The highest BCUT2D eigenvalue weighted by Gasteiger charge is 2.12. The fourth-order valence-corrected chi connectivity index (χ4v) is 1.48. The van der Waals surface area contributed by atoms with Crippen molar-refractivity contribution < 1.29 is 9.90 Å². The summed E-state index contributed by atoms with van der Waals surface area (Å²) in [6.45, 7) is 3.89. The number of unbranched alkanes of at least 4 members (excludes halogenated alkanes) is 1.